The summed E-state index contributed by atoms with van der Waals surface area (Å²) >= 11 is 0. The van der Waals surface area contributed by atoms with Gasteiger partial charge < -0.3 is 0 Å². The molecule has 1 spiro atoms. The van der Waals surface area contributed by atoms with Crippen LogP contribution in [0.25, 0.3) is 0 Å². The summed E-state index contributed by atoms with van der Waals surface area (Å²) in [7, 11) is -3.76. The van der Waals surface area contributed by atoms with Crippen molar-refractivity contribution in [3.63, 3.8) is 0 Å². The van der Waals surface area contributed by atoms with Gasteiger partial charge in [-0.25, -0.2) is 0 Å². The summed E-state index contributed by atoms with van der Waals surface area (Å²) < 4.78 is 20.6. The Morgan fingerprint density at radius 1 is 0.741 bits per heavy atom. The molecule has 0 atom stereocenters. The van der Waals surface area contributed by atoms with Gasteiger partial charge in [0.25, 0.3) is 0 Å². The van der Waals surface area contributed by atoms with Gasteiger partial charge in [0.1, 0.15) is 0 Å². The fourth-order valence-electron chi connectivity index (χ4n) is 3.31. The average molecular weight is 385 g/mol. The van der Waals surface area contributed by atoms with Gasteiger partial charge in [-0.2, -0.15) is 0 Å². The first-order valence-electron chi connectivity index (χ1n) is 8.85. The number of nitrogens with one attached hydrogen (secondary N) is 2. The molecular weight excluding hydrogens is 365 g/mol. The fraction of sp³-hybridized carbons (Fsp3) is 0.222. The molecule has 1 fully saturated rings. The molecule has 3 aliphatic rings. The SMILES string of the molecule is c1ccc(C2=NNP3(N4CCOCC4)(NN=C(c4ccccc4)O3)O2)cc1. The van der Waals surface area contributed by atoms with Crippen LogP contribution in [0.3, 0.4) is 0 Å². The van der Waals surface area contributed by atoms with Gasteiger partial charge in [-0.15, -0.1) is 0 Å². The first-order valence-corrected chi connectivity index (χ1v) is 10.9. The molecule has 140 valence electrons. The summed E-state index contributed by atoms with van der Waals surface area (Å²) in [6.45, 7) is 2.48. The Labute approximate surface area is 157 Å². The van der Waals surface area contributed by atoms with E-state index in [-0.39, 0.29) is 0 Å². The van der Waals surface area contributed by atoms with Gasteiger partial charge in [-0.1, -0.05) is 0 Å². The molecule has 5 rings (SSSR count). The zero-order chi connectivity index (χ0) is 18.2. The van der Waals surface area contributed by atoms with Crippen LogP contribution in [0.15, 0.2) is 70.9 Å². The minimum atomic E-state index is -3.76. The number of hydrogen-bond acceptors (Lipinski definition) is 8. The molecule has 9 heteroatoms. The van der Waals surface area contributed by atoms with Crippen molar-refractivity contribution >= 4 is 19.3 Å². The molecule has 2 N–H and O–H groups in total. The number of ether oxygens (including phenoxy) is 1. The number of hydrazone groups is 2. The molecule has 0 aliphatic carbocycles. The van der Waals surface area contributed by atoms with E-state index in [2.05, 4.69) is 25.3 Å². The Balaban J connectivity index is 1.50. The number of nitrogens with zero attached hydrogens (tertiary/aromatic N) is 3. The van der Waals surface area contributed by atoms with Crippen LogP contribution >= 0.6 is 7.51 Å². The van der Waals surface area contributed by atoms with Crippen LogP contribution in [0, 0.1) is 0 Å². The summed E-state index contributed by atoms with van der Waals surface area (Å²) in [6.07, 6.45) is 0. The monoisotopic (exact) mass is 385 g/mol. The van der Waals surface area contributed by atoms with Gasteiger partial charge in [0.2, 0.25) is 0 Å². The molecular formula is C18H20N5O3P. The minimum absolute atomic E-state index is 0.483. The Morgan fingerprint density at radius 3 is 1.70 bits per heavy atom. The van der Waals surface area contributed by atoms with E-state index < -0.39 is 7.51 Å². The zero-order valence-corrected chi connectivity index (χ0v) is 15.5. The van der Waals surface area contributed by atoms with E-state index in [1.165, 1.54) is 0 Å². The quantitative estimate of drug-likeness (QED) is 0.790. The summed E-state index contributed by atoms with van der Waals surface area (Å²) in [6, 6.07) is 19.5. The second-order valence-electron chi connectivity index (χ2n) is 6.43. The molecule has 0 aromatic heterocycles. The maximum absolute atomic E-state index is 6.47. The molecule has 3 aliphatic heterocycles. The van der Waals surface area contributed by atoms with Crippen LogP contribution in [-0.4, -0.2) is 42.8 Å². The van der Waals surface area contributed by atoms with Crippen molar-refractivity contribution in [2.75, 3.05) is 26.3 Å². The maximum atomic E-state index is 6.47. The van der Waals surface area contributed by atoms with E-state index in [4.69, 9.17) is 13.8 Å². The van der Waals surface area contributed by atoms with Gasteiger partial charge >= 0.3 is 156 Å². The van der Waals surface area contributed by atoms with E-state index in [1.807, 2.05) is 60.7 Å². The number of hydrogen-bond donors (Lipinski definition) is 2. The van der Waals surface area contributed by atoms with Crippen molar-refractivity contribution in [2.24, 2.45) is 10.2 Å². The van der Waals surface area contributed by atoms with Crippen molar-refractivity contribution in [3.05, 3.63) is 71.8 Å². The van der Waals surface area contributed by atoms with Crippen LogP contribution in [0.5, 0.6) is 0 Å². The molecule has 3 heterocycles. The standard InChI is InChI=1S/C18H20N5O3P/c1-3-7-15(8-4-1)17-19-21-27(25-17,23-11-13-24-14-12-23)22-20-18(26-27)16-9-5-2-6-10-16/h1-10,21-22H,11-14H2. The van der Waals surface area contributed by atoms with Crippen LogP contribution in [0.2, 0.25) is 0 Å². The number of rotatable bonds is 3. The second-order valence-corrected chi connectivity index (χ2v) is 9.59. The van der Waals surface area contributed by atoms with Crippen LogP contribution < -0.4 is 10.4 Å². The number of morpholine rings is 1. The van der Waals surface area contributed by atoms with Crippen LogP contribution in [0.1, 0.15) is 11.1 Å². The average Bonchev–Trinajstić information content (AvgIpc) is 3.34. The predicted molar refractivity (Wildman–Crippen MR) is 104 cm³/mol. The van der Waals surface area contributed by atoms with Crippen molar-refractivity contribution in [1.29, 1.82) is 0 Å². The Bertz CT molecular complexity index is 834. The van der Waals surface area contributed by atoms with E-state index in [0.29, 0.717) is 38.1 Å². The third kappa shape index (κ3) is 2.65. The molecule has 0 radical (unpaired) electrons. The second kappa shape index (κ2) is 6.20. The van der Waals surface area contributed by atoms with Crippen molar-refractivity contribution in [3.8, 4) is 0 Å². The van der Waals surface area contributed by atoms with Gasteiger partial charge in [0.15, 0.2) is 0 Å². The third-order valence-electron chi connectivity index (χ3n) is 4.71. The third-order valence-corrected chi connectivity index (χ3v) is 8.07. The van der Waals surface area contributed by atoms with Gasteiger partial charge in [0.05, 0.1) is 0 Å². The Hall–Kier alpha value is -2.67. The zero-order valence-electron chi connectivity index (χ0n) is 14.6. The molecule has 2 aromatic rings. The van der Waals surface area contributed by atoms with E-state index in [1.54, 1.807) is 0 Å². The molecule has 0 unspecified atom stereocenters. The molecule has 8 nitrogen and oxygen atoms in total. The van der Waals surface area contributed by atoms with Crippen LogP contribution in [0.4, 0.5) is 0 Å². The first kappa shape index (κ1) is 16.5. The first-order chi connectivity index (χ1) is 13.3. The summed E-state index contributed by atoms with van der Waals surface area (Å²) in [4.78, 5) is 0. The Kier molecular flexibility index (Phi) is 3.79. The molecule has 0 amide bonds. The predicted octanol–water partition coefficient (Wildman–Crippen LogP) is 2.41. The summed E-state index contributed by atoms with van der Waals surface area (Å²) in [5.41, 5.74) is 1.75. The van der Waals surface area contributed by atoms with Gasteiger partial charge in [0, 0.05) is 0 Å². The molecule has 27 heavy (non-hydrogen) atoms. The van der Waals surface area contributed by atoms with Crippen molar-refractivity contribution < 1.29 is 13.8 Å². The van der Waals surface area contributed by atoms with Gasteiger partial charge in [-0.3, -0.25) is 0 Å². The number of benzene rings is 2. The fourth-order valence-corrected chi connectivity index (χ4v) is 6.39. The van der Waals surface area contributed by atoms with Crippen molar-refractivity contribution in [2.45, 2.75) is 0 Å². The summed E-state index contributed by atoms with van der Waals surface area (Å²) in [5, 5.41) is 15.3. The van der Waals surface area contributed by atoms with Crippen LogP contribution in [-0.2, 0) is 13.8 Å². The normalized spacial score (nSPS) is 24.4. The van der Waals surface area contributed by atoms with E-state index in [0.717, 1.165) is 11.1 Å². The van der Waals surface area contributed by atoms with E-state index in [9.17, 15) is 0 Å². The van der Waals surface area contributed by atoms with E-state index >= 15 is 0 Å². The topological polar surface area (TPSA) is 79.7 Å². The molecule has 2 aromatic carbocycles. The van der Waals surface area contributed by atoms with Crippen molar-refractivity contribution in [1.82, 2.24) is 15.1 Å². The summed E-state index contributed by atoms with van der Waals surface area (Å²) in [5.74, 6) is 0.966. The molecule has 0 saturated carbocycles. The Morgan fingerprint density at radius 2 is 1.22 bits per heavy atom. The molecule has 1 saturated heterocycles. The molecule has 0 bridgehead atoms. The van der Waals surface area contributed by atoms with Gasteiger partial charge in [-0.05, 0) is 0 Å².